The van der Waals surface area contributed by atoms with Gasteiger partial charge in [-0.3, -0.25) is 0 Å². The highest BCUT2D eigenvalue weighted by molar-refractivity contribution is 5.91. The molecule has 6 nitrogen and oxygen atoms in total. The Hall–Kier alpha value is -1.92. The lowest BCUT2D eigenvalue weighted by molar-refractivity contribution is 0.208. The van der Waals surface area contributed by atoms with Gasteiger partial charge in [-0.15, -0.1) is 0 Å². The molecule has 28 heavy (non-hydrogen) atoms. The molecule has 1 aromatic carbocycles. The zero-order valence-electron chi connectivity index (χ0n) is 17.4. The van der Waals surface area contributed by atoms with E-state index in [1.54, 1.807) is 0 Å². The van der Waals surface area contributed by atoms with Crippen LogP contribution in [0, 0.1) is 19.8 Å². The molecule has 0 amide bonds. The van der Waals surface area contributed by atoms with E-state index in [1.165, 1.54) is 11.1 Å². The summed E-state index contributed by atoms with van der Waals surface area (Å²) in [7, 11) is 2.19. The highest BCUT2D eigenvalue weighted by Gasteiger charge is 2.24. The first-order valence-corrected chi connectivity index (χ1v) is 10.6. The normalized spacial score (nSPS) is 22.0. The summed E-state index contributed by atoms with van der Waals surface area (Å²) in [4.78, 5) is 14.5. The van der Waals surface area contributed by atoms with Crippen LogP contribution >= 0.6 is 0 Å². The Morgan fingerprint density at radius 3 is 2.57 bits per heavy atom. The highest BCUT2D eigenvalue weighted by atomic mass is 16.3. The predicted octanol–water partition coefficient (Wildman–Crippen LogP) is 2.96. The van der Waals surface area contributed by atoms with Crippen LogP contribution in [-0.2, 0) is 0 Å². The molecule has 2 aliphatic rings. The van der Waals surface area contributed by atoms with E-state index in [-0.39, 0.29) is 6.61 Å². The fourth-order valence-electron chi connectivity index (χ4n) is 4.37. The zero-order valence-corrected chi connectivity index (χ0v) is 17.4. The van der Waals surface area contributed by atoms with Gasteiger partial charge in [0.2, 0.25) is 5.95 Å². The summed E-state index contributed by atoms with van der Waals surface area (Å²) in [6.07, 6.45) is 4.44. The molecule has 152 valence electrons. The lowest BCUT2D eigenvalue weighted by Gasteiger charge is -2.33. The molecule has 4 rings (SSSR count). The Kier molecular flexibility index (Phi) is 5.69. The summed E-state index contributed by atoms with van der Waals surface area (Å²) >= 11 is 0. The molecule has 2 fully saturated rings. The van der Waals surface area contributed by atoms with Crippen molar-refractivity contribution in [3.05, 3.63) is 23.3 Å². The Morgan fingerprint density at radius 1 is 1.07 bits per heavy atom. The number of nitrogens with zero attached hydrogens (tertiary/aromatic N) is 4. The molecule has 0 radical (unpaired) electrons. The van der Waals surface area contributed by atoms with E-state index >= 15 is 0 Å². The second-order valence-corrected chi connectivity index (χ2v) is 8.68. The van der Waals surface area contributed by atoms with Gasteiger partial charge < -0.3 is 20.2 Å². The topological polar surface area (TPSA) is 64.5 Å². The van der Waals surface area contributed by atoms with Gasteiger partial charge in [0.1, 0.15) is 5.82 Å². The van der Waals surface area contributed by atoms with Gasteiger partial charge in [-0.1, -0.05) is 0 Å². The average molecular weight is 384 g/mol. The van der Waals surface area contributed by atoms with Crippen molar-refractivity contribution in [2.45, 2.75) is 45.6 Å². The van der Waals surface area contributed by atoms with Crippen LogP contribution in [0.2, 0.25) is 0 Å². The predicted molar refractivity (Wildman–Crippen MR) is 115 cm³/mol. The molecule has 0 saturated carbocycles. The van der Waals surface area contributed by atoms with Crippen molar-refractivity contribution in [2.75, 3.05) is 50.1 Å². The highest BCUT2D eigenvalue weighted by Crippen LogP contribution is 2.29. The van der Waals surface area contributed by atoms with Crippen LogP contribution in [0.25, 0.3) is 10.9 Å². The van der Waals surface area contributed by atoms with E-state index in [0.29, 0.717) is 12.0 Å². The fraction of sp³-hybridized carbons (Fsp3) is 0.636. The van der Waals surface area contributed by atoms with Crippen LogP contribution in [0.4, 0.5) is 11.8 Å². The number of anilines is 2. The number of hydrogen-bond acceptors (Lipinski definition) is 6. The lowest BCUT2D eigenvalue weighted by atomic mass is 9.99. The number of hydrogen-bond donors (Lipinski definition) is 2. The Labute approximate surface area is 168 Å². The number of aliphatic hydroxyl groups is 1. The largest absolute Gasteiger partial charge is 0.396 e. The van der Waals surface area contributed by atoms with Gasteiger partial charge in [0.05, 0.1) is 5.52 Å². The van der Waals surface area contributed by atoms with E-state index in [0.717, 1.165) is 74.5 Å². The summed E-state index contributed by atoms with van der Waals surface area (Å²) in [5, 5.41) is 14.5. The minimum atomic E-state index is 0.239. The third kappa shape index (κ3) is 4.08. The molecule has 3 heterocycles. The first-order chi connectivity index (χ1) is 13.5. The van der Waals surface area contributed by atoms with E-state index in [2.05, 4.69) is 48.1 Å². The van der Waals surface area contributed by atoms with Crippen molar-refractivity contribution in [3.8, 4) is 0 Å². The number of benzene rings is 1. The maximum absolute atomic E-state index is 9.60. The molecule has 0 aliphatic carbocycles. The molecule has 2 aromatic rings. The van der Waals surface area contributed by atoms with Crippen molar-refractivity contribution >= 4 is 22.7 Å². The quantitative estimate of drug-likeness (QED) is 0.846. The zero-order chi connectivity index (χ0) is 19.7. The second-order valence-electron chi connectivity index (χ2n) is 8.68. The van der Waals surface area contributed by atoms with Crippen molar-refractivity contribution in [1.82, 2.24) is 14.9 Å². The van der Waals surface area contributed by atoms with Crippen LogP contribution in [0.15, 0.2) is 12.1 Å². The summed E-state index contributed by atoms with van der Waals surface area (Å²) in [5.41, 5.74) is 3.54. The second kappa shape index (κ2) is 8.21. The molecular formula is C22H33N5O. The minimum Gasteiger partial charge on any atom is -0.396 e. The van der Waals surface area contributed by atoms with Crippen LogP contribution < -0.4 is 10.2 Å². The lowest BCUT2D eigenvalue weighted by Crippen LogP contribution is -2.38. The summed E-state index contributed by atoms with van der Waals surface area (Å²) in [5.74, 6) is 2.08. The number of aryl methyl sites for hydroxylation is 2. The van der Waals surface area contributed by atoms with Crippen LogP contribution in [0.3, 0.4) is 0 Å². The molecule has 1 unspecified atom stereocenters. The van der Waals surface area contributed by atoms with Gasteiger partial charge in [-0.2, -0.15) is 4.98 Å². The third-order valence-corrected chi connectivity index (χ3v) is 6.42. The van der Waals surface area contributed by atoms with Crippen molar-refractivity contribution in [2.24, 2.45) is 5.92 Å². The van der Waals surface area contributed by atoms with Gasteiger partial charge in [0.15, 0.2) is 0 Å². The van der Waals surface area contributed by atoms with Crippen LogP contribution in [-0.4, -0.2) is 65.8 Å². The van der Waals surface area contributed by atoms with E-state index < -0.39 is 0 Å². The number of fused-ring (bicyclic) bond motifs is 1. The average Bonchev–Trinajstić information content (AvgIpc) is 2.71. The van der Waals surface area contributed by atoms with Gasteiger partial charge >= 0.3 is 0 Å². The number of aromatic nitrogens is 2. The SMILES string of the molecule is Cc1cc2nc(N3CCCC(CO)C3)nc(NC3CCN(C)CC3)c2cc1C. The molecule has 2 aliphatic heterocycles. The number of likely N-dealkylation sites (tertiary alicyclic amines) is 1. The van der Waals surface area contributed by atoms with E-state index in [9.17, 15) is 5.11 Å². The Morgan fingerprint density at radius 2 is 1.82 bits per heavy atom. The maximum atomic E-state index is 9.60. The molecular weight excluding hydrogens is 350 g/mol. The van der Waals surface area contributed by atoms with Crippen molar-refractivity contribution < 1.29 is 5.11 Å². The molecule has 1 atom stereocenters. The van der Waals surface area contributed by atoms with Crippen molar-refractivity contribution in [1.29, 1.82) is 0 Å². The van der Waals surface area contributed by atoms with Gasteiger partial charge in [0, 0.05) is 31.1 Å². The fourth-order valence-corrected chi connectivity index (χ4v) is 4.37. The minimum absolute atomic E-state index is 0.239. The first-order valence-electron chi connectivity index (χ1n) is 10.6. The Bertz CT molecular complexity index is 831. The molecule has 6 heteroatoms. The van der Waals surface area contributed by atoms with E-state index in [1.807, 2.05) is 0 Å². The number of piperidine rings is 2. The van der Waals surface area contributed by atoms with Crippen LogP contribution in [0.5, 0.6) is 0 Å². The third-order valence-electron chi connectivity index (χ3n) is 6.42. The first kappa shape index (κ1) is 19.4. The molecule has 2 saturated heterocycles. The van der Waals surface area contributed by atoms with Crippen LogP contribution in [0.1, 0.15) is 36.8 Å². The summed E-state index contributed by atoms with van der Waals surface area (Å²) in [6, 6.07) is 4.86. The monoisotopic (exact) mass is 383 g/mol. The van der Waals surface area contributed by atoms with E-state index in [4.69, 9.17) is 9.97 Å². The molecule has 1 aromatic heterocycles. The summed E-state index contributed by atoms with van der Waals surface area (Å²) < 4.78 is 0. The standard InChI is InChI=1S/C22H33N5O/c1-15-11-19-20(12-16(15)2)24-22(27-8-4-5-17(13-27)14-28)25-21(19)23-18-6-9-26(3)10-7-18/h11-12,17-18,28H,4-10,13-14H2,1-3H3,(H,23,24,25). The number of aliphatic hydroxyl groups excluding tert-OH is 1. The van der Waals surface area contributed by atoms with Gasteiger partial charge in [0.25, 0.3) is 0 Å². The number of rotatable bonds is 4. The summed E-state index contributed by atoms with van der Waals surface area (Å²) in [6.45, 7) is 8.57. The molecule has 0 bridgehead atoms. The Balaban J connectivity index is 1.69. The number of nitrogens with one attached hydrogen (secondary N) is 1. The molecule has 0 spiro atoms. The smallest absolute Gasteiger partial charge is 0.227 e. The van der Waals surface area contributed by atoms with Gasteiger partial charge in [-0.25, -0.2) is 4.98 Å². The maximum Gasteiger partial charge on any atom is 0.227 e. The van der Waals surface area contributed by atoms with Gasteiger partial charge in [-0.05, 0) is 88.8 Å². The van der Waals surface area contributed by atoms with Crippen molar-refractivity contribution in [3.63, 3.8) is 0 Å². The molecule has 2 N–H and O–H groups in total.